The van der Waals surface area contributed by atoms with Crippen LogP contribution in [0.25, 0.3) is 28.5 Å². The van der Waals surface area contributed by atoms with E-state index in [1.165, 1.54) is 0 Å². The average molecular weight is 379 g/mol. The molecule has 1 aromatic heterocycles. The van der Waals surface area contributed by atoms with Crippen LogP contribution in [0.15, 0.2) is 84.9 Å². The molecule has 0 spiro atoms. The van der Waals surface area contributed by atoms with E-state index in [-0.39, 0.29) is 25.2 Å². The molecule has 1 heterocycles. The van der Waals surface area contributed by atoms with Gasteiger partial charge in [0.05, 0.1) is 11.3 Å². The van der Waals surface area contributed by atoms with Gasteiger partial charge in [0.25, 0.3) is 0 Å². The molecule has 0 aliphatic carbocycles. The predicted molar refractivity (Wildman–Crippen MR) is 93.9 cm³/mol. The molecule has 0 aliphatic heterocycles. The van der Waals surface area contributed by atoms with Gasteiger partial charge in [0.2, 0.25) is 0 Å². The van der Waals surface area contributed by atoms with E-state index in [1.807, 2.05) is 72.8 Å². The average Bonchev–Trinajstić information content (AvgIpc) is 3.09. The molecular weight excluding hydrogens is 364 g/mol. The van der Waals surface area contributed by atoms with Crippen LogP contribution in [0.2, 0.25) is 0 Å². The molecule has 4 rings (SSSR count). The number of phenolic OH excluding ortho intramolecular Hbond substituents is 1. The van der Waals surface area contributed by atoms with E-state index in [9.17, 15) is 5.11 Å². The first-order valence-corrected chi connectivity index (χ1v) is 7.69. The van der Waals surface area contributed by atoms with Crippen LogP contribution in [0, 0.1) is 0 Å². The number of hydrogen-bond acceptors (Lipinski definition) is 3. The van der Waals surface area contributed by atoms with Gasteiger partial charge in [-0.2, -0.15) is 0 Å². The van der Waals surface area contributed by atoms with Crippen LogP contribution in [-0.4, -0.2) is 19.9 Å². The van der Waals surface area contributed by atoms with Gasteiger partial charge in [-0.3, -0.25) is 0 Å². The van der Waals surface area contributed by atoms with Crippen LogP contribution < -0.4 is 0 Å². The van der Waals surface area contributed by atoms with E-state index in [4.69, 9.17) is 0 Å². The van der Waals surface area contributed by atoms with Crippen LogP contribution in [0.3, 0.4) is 0 Å². The number of para-hydroxylation sites is 2. The fraction of sp³-hybridized carbons (Fsp3) is 0. The fourth-order valence-corrected chi connectivity index (χ4v) is 2.61. The van der Waals surface area contributed by atoms with Crippen molar-refractivity contribution in [3.05, 3.63) is 84.9 Å². The molecule has 0 amide bonds. The normalized spacial score (nSPS) is 10.2. The molecular formula is C20H15N3OZn. The van der Waals surface area contributed by atoms with E-state index < -0.39 is 0 Å². The number of benzene rings is 3. The molecule has 3 aromatic carbocycles. The summed E-state index contributed by atoms with van der Waals surface area (Å²) in [4.78, 5) is 4.68. The Bertz CT molecular complexity index is 969. The molecule has 5 heteroatoms. The molecule has 118 valence electrons. The zero-order valence-corrected chi connectivity index (χ0v) is 16.5. The molecule has 0 bridgehead atoms. The zero-order valence-electron chi connectivity index (χ0n) is 13.6. The Morgan fingerprint density at radius 1 is 0.720 bits per heavy atom. The second-order valence-corrected chi connectivity index (χ2v) is 5.39. The molecule has 0 saturated heterocycles. The monoisotopic (exact) mass is 377 g/mol. The van der Waals surface area contributed by atoms with Crippen molar-refractivity contribution in [3.63, 3.8) is 0 Å². The van der Waals surface area contributed by atoms with E-state index in [0.717, 1.165) is 11.3 Å². The summed E-state index contributed by atoms with van der Waals surface area (Å²) in [5.74, 6) is 1.41. The predicted octanol–water partition coefficient (Wildman–Crippen LogP) is 4.30. The van der Waals surface area contributed by atoms with Gasteiger partial charge in [0, 0.05) is 25.0 Å². The van der Waals surface area contributed by atoms with Crippen molar-refractivity contribution in [2.24, 2.45) is 0 Å². The maximum absolute atomic E-state index is 10.2. The Labute approximate surface area is 158 Å². The molecule has 0 fully saturated rings. The third-order valence-corrected chi connectivity index (χ3v) is 3.78. The van der Waals surface area contributed by atoms with Gasteiger partial charge in [-0.15, -0.1) is 5.10 Å². The zero-order chi connectivity index (χ0) is 16.4. The van der Waals surface area contributed by atoms with Crippen molar-refractivity contribution in [1.82, 2.24) is 14.8 Å². The fourth-order valence-electron chi connectivity index (χ4n) is 2.61. The summed E-state index contributed by atoms with van der Waals surface area (Å²) in [5.41, 5.74) is 2.48. The van der Waals surface area contributed by atoms with Crippen molar-refractivity contribution >= 4 is 0 Å². The number of nitrogens with zero attached hydrogens (tertiary/aromatic N) is 3. The number of aromatic nitrogens is 3. The van der Waals surface area contributed by atoms with Gasteiger partial charge in [0.1, 0.15) is 5.75 Å². The minimum absolute atomic E-state index is 0. The smallest absolute Gasteiger partial charge is 0.182 e. The number of aromatic hydroxyl groups is 1. The summed E-state index contributed by atoms with van der Waals surface area (Å²) in [6.07, 6.45) is 0. The van der Waals surface area contributed by atoms with Gasteiger partial charge in [-0.25, -0.2) is 9.67 Å². The van der Waals surface area contributed by atoms with Gasteiger partial charge >= 0.3 is 0 Å². The van der Waals surface area contributed by atoms with Crippen LogP contribution in [0.1, 0.15) is 0 Å². The number of hydrogen-bond donors (Lipinski definition) is 1. The van der Waals surface area contributed by atoms with Crippen molar-refractivity contribution < 1.29 is 24.6 Å². The molecule has 0 atom stereocenters. The molecule has 25 heavy (non-hydrogen) atoms. The summed E-state index contributed by atoms with van der Waals surface area (Å²) in [6.45, 7) is 0. The van der Waals surface area contributed by atoms with Crippen LogP contribution >= 0.6 is 0 Å². The summed E-state index contributed by atoms with van der Waals surface area (Å²) in [6, 6.07) is 26.8. The Morgan fingerprint density at radius 3 is 2.00 bits per heavy atom. The first-order valence-electron chi connectivity index (χ1n) is 7.69. The first-order chi connectivity index (χ1) is 11.8. The largest absolute Gasteiger partial charge is 0.507 e. The van der Waals surface area contributed by atoms with E-state index in [2.05, 4.69) is 10.1 Å². The maximum atomic E-state index is 10.2. The summed E-state index contributed by atoms with van der Waals surface area (Å²) < 4.78 is 1.76. The molecule has 0 saturated carbocycles. The minimum atomic E-state index is 0. The molecule has 4 nitrogen and oxygen atoms in total. The molecule has 4 aromatic rings. The second kappa shape index (κ2) is 7.41. The topological polar surface area (TPSA) is 50.9 Å². The Hall–Kier alpha value is -2.78. The standard InChI is InChI=1S/C20H15N3O.Zn/c24-18-14-8-7-13-17(18)20-21-19(15-9-3-1-4-10-15)22-23(20)16-11-5-2-6-12-16;/h1-14,24H;. The Balaban J connectivity index is 0.00000182. The van der Waals surface area contributed by atoms with Gasteiger partial charge in [-0.1, -0.05) is 60.7 Å². The second-order valence-electron chi connectivity index (χ2n) is 5.39. The first kappa shape index (κ1) is 17.1. The minimum Gasteiger partial charge on any atom is -0.507 e. The Morgan fingerprint density at radius 2 is 1.32 bits per heavy atom. The van der Waals surface area contributed by atoms with Crippen LogP contribution in [0.5, 0.6) is 5.75 Å². The molecule has 0 unspecified atom stereocenters. The van der Waals surface area contributed by atoms with E-state index in [0.29, 0.717) is 17.2 Å². The molecule has 1 N–H and O–H groups in total. The van der Waals surface area contributed by atoms with Gasteiger partial charge in [0.15, 0.2) is 11.6 Å². The van der Waals surface area contributed by atoms with Crippen molar-refractivity contribution in [3.8, 4) is 34.2 Å². The summed E-state index contributed by atoms with van der Waals surface area (Å²) in [5, 5.41) is 14.9. The Kier molecular flexibility index (Phi) is 5.06. The third kappa shape index (κ3) is 3.37. The summed E-state index contributed by atoms with van der Waals surface area (Å²) >= 11 is 0. The van der Waals surface area contributed by atoms with E-state index in [1.54, 1.807) is 16.8 Å². The quantitative estimate of drug-likeness (QED) is 0.541. The van der Waals surface area contributed by atoms with Crippen molar-refractivity contribution in [2.45, 2.75) is 0 Å². The van der Waals surface area contributed by atoms with Crippen LogP contribution in [-0.2, 0) is 19.5 Å². The van der Waals surface area contributed by atoms with E-state index >= 15 is 0 Å². The van der Waals surface area contributed by atoms with Crippen molar-refractivity contribution in [1.29, 1.82) is 0 Å². The maximum Gasteiger partial charge on any atom is 0.182 e. The SMILES string of the molecule is Oc1ccccc1-c1nc(-c2ccccc2)nn1-c1ccccc1.[Zn]. The molecule has 0 aliphatic rings. The van der Waals surface area contributed by atoms with Crippen LogP contribution in [0.4, 0.5) is 0 Å². The van der Waals surface area contributed by atoms with Gasteiger partial charge < -0.3 is 5.11 Å². The molecule has 0 radical (unpaired) electrons. The number of phenols is 1. The number of rotatable bonds is 3. The van der Waals surface area contributed by atoms with Crippen molar-refractivity contribution in [2.75, 3.05) is 0 Å². The third-order valence-electron chi connectivity index (χ3n) is 3.78. The van der Waals surface area contributed by atoms with Gasteiger partial charge in [-0.05, 0) is 24.3 Å². The summed E-state index contributed by atoms with van der Waals surface area (Å²) in [7, 11) is 0.